The number of rotatable bonds is 6. The monoisotopic (exact) mass is 273 g/mol. The number of halogens is 1. The van der Waals surface area contributed by atoms with Crippen LogP contribution in [0.4, 0.5) is 10.1 Å². The third-order valence-electron chi connectivity index (χ3n) is 2.87. The summed E-state index contributed by atoms with van der Waals surface area (Å²) in [5.74, 6) is 1.17. The molecular weight excluding hydrogens is 253 g/mol. The quantitative estimate of drug-likeness (QED) is 0.838. The van der Waals surface area contributed by atoms with Gasteiger partial charge in [-0.15, -0.1) is 0 Å². The summed E-state index contributed by atoms with van der Waals surface area (Å²) in [5, 5.41) is 3.27. The molecule has 0 aliphatic carbocycles. The second kappa shape index (κ2) is 6.94. The van der Waals surface area contributed by atoms with Crippen LogP contribution in [0.25, 0.3) is 0 Å². The van der Waals surface area contributed by atoms with Crippen LogP contribution < -0.4 is 10.1 Å². The van der Waals surface area contributed by atoms with Crippen molar-refractivity contribution in [1.82, 2.24) is 0 Å². The first kappa shape index (κ1) is 14.4. The number of anilines is 1. The van der Waals surface area contributed by atoms with Crippen LogP contribution in [0, 0.1) is 11.7 Å². The van der Waals surface area contributed by atoms with Crippen LogP contribution in [-0.4, -0.2) is 6.61 Å². The smallest absolute Gasteiger partial charge is 0.124 e. The Balaban J connectivity index is 1.99. The summed E-state index contributed by atoms with van der Waals surface area (Å²) in [4.78, 5) is 0. The number of para-hydroxylation sites is 1. The molecule has 0 saturated heterocycles. The molecule has 0 fully saturated rings. The maximum Gasteiger partial charge on any atom is 0.124 e. The van der Waals surface area contributed by atoms with E-state index in [-0.39, 0.29) is 5.82 Å². The molecule has 2 nitrogen and oxygen atoms in total. The van der Waals surface area contributed by atoms with Crippen LogP contribution in [-0.2, 0) is 6.54 Å². The Morgan fingerprint density at radius 1 is 1.05 bits per heavy atom. The van der Waals surface area contributed by atoms with Crippen LogP contribution >= 0.6 is 0 Å². The van der Waals surface area contributed by atoms with Gasteiger partial charge in [0.15, 0.2) is 0 Å². The zero-order chi connectivity index (χ0) is 14.4. The fourth-order valence-electron chi connectivity index (χ4n) is 1.81. The van der Waals surface area contributed by atoms with Gasteiger partial charge in [-0.25, -0.2) is 4.39 Å². The second-order valence-electron chi connectivity index (χ2n) is 5.17. The van der Waals surface area contributed by atoms with E-state index >= 15 is 0 Å². The van der Waals surface area contributed by atoms with Crippen LogP contribution in [0.15, 0.2) is 48.5 Å². The van der Waals surface area contributed by atoms with E-state index in [1.807, 2.05) is 24.3 Å². The van der Waals surface area contributed by atoms with E-state index in [9.17, 15) is 4.39 Å². The normalized spacial score (nSPS) is 10.6. The lowest BCUT2D eigenvalue weighted by Crippen LogP contribution is -2.08. The first-order valence-electron chi connectivity index (χ1n) is 6.85. The Morgan fingerprint density at radius 3 is 2.45 bits per heavy atom. The minimum atomic E-state index is -0.226. The fraction of sp³-hybridized carbons (Fsp3) is 0.294. The first-order chi connectivity index (χ1) is 9.65. The summed E-state index contributed by atoms with van der Waals surface area (Å²) < 4.78 is 18.6. The molecule has 106 valence electrons. The van der Waals surface area contributed by atoms with Gasteiger partial charge in [0.2, 0.25) is 0 Å². The highest BCUT2D eigenvalue weighted by molar-refractivity contribution is 5.45. The van der Waals surface area contributed by atoms with Gasteiger partial charge in [0.05, 0.1) is 6.61 Å². The zero-order valence-corrected chi connectivity index (χ0v) is 11.9. The van der Waals surface area contributed by atoms with Crippen molar-refractivity contribution in [3.8, 4) is 5.75 Å². The molecule has 2 aromatic carbocycles. The Hall–Kier alpha value is -2.03. The molecule has 3 heteroatoms. The first-order valence-corrected chi connectivity index (χ1v) is 6.85. The molecule has 0 aliphatic heterocycles. The number of nitrogens with one attached hydrogen (secondary N) is 1. The van der Waals surface area contributed by atoms with Gasteiger partial charge < -0.3 is 10.1 Å². The Kier molecular flexibility index (Phi) is 4.99. The average Bonchev–Trinajstić information content (AvgIpc) is 2.45. The van der Waals surface area contributed by atoms with Crippen molar-refractivity contribution in [1.29, 1.82) is 0 Å². The molecule has 0 aliphatic rings. The lowest BCUT2D eigenvalue weighted by Gasteiger charge is -2.14. The largest absolute Gasteiger partial charge is 0.493 e. The molecule has 2 rings (SSSR count). The average molecular weight is 273 g/mol. The van der Waals surface area contributed by atoms with Crippen molar-refractivity contribution in [2.75, 3.05) is 11.9 Å². The van der Waals surface area contributed by atoms with Gasteiger partial charge in [-0.1, -0.05) is 32.0 Å². The van der Waals surface area contributed by atoms with Gasteiger partial charge in [-0.2, -0.15) is 0 Å². The van der Waals surface area contributed by atoms with Gasteiger partial charge >= 0.3 is 0 Å². The van der Waals surface area contributed by atoms with Crippen molar-refractivity contribution >= 4 is 5.69 Å². The van der Waals surface area contributed by atoms with Crippen LogP contribution in [0.2, 0.25) is 0 Å². The minimum Gasteiger partial charge on any atom is -0.493 e. The molecule has 0 aromatic heterocycles. The highest BCUT2D eigenvalue weighted by atomic mass is 19.1. The molecule has 0 bridgehead atoms. The van der Waals surface area contributed by atoms with Gasteiger partial charge in [0, 0.05) is 17.8 Å². The van der Waals surface area contributed by atoms with Crippen molar-refractivity contribution in [2.24, 2.45) is 5.92 Å². The van der Waals surface area contributed by atoms with Crippen molar-refractivity contribution in [3.05, 3.63) is 59.9 Å². The molecular formula is C17H20FNO. The maximum absolute atomic E-state index is 12.8. The maximum atomic E-state index is 12.8. The topological polar surface area (TPSA) is 21.3 Å². The molecule has 0 amide bonds. The van der Waals surface area contributed by atoms with Crippen molar-refractivity contribution in [2.45, 2.75) is 20.4 Å². The number of hydrogen-bond donors (Lipinski definition) is 1. The van der Waals surface area contributed by atoms with E-state index in [1.54, 1.807) is 12.1 Å². The van der Waals surface area contributed by atoms with Gasteiger partial charge in [0.25, 0.3) is 0 Å². The van der Waals surface area contributed by atoms with Gasteiger partial charge in [-0.3, -0.25) is 0 Å². The second-order valence-corrected chi connectivity index (χ2v) is 5.17. The molecule has 0 spiro atoms. The van der Waals surface area contributed by atoms with Crippen molar-refractivity contribution in [3.63, 3.8) is 0 Å². The Labute approximate surface area is 119 Å². The molecule has 2 aromatic rings. The summed E-state index contributed by atoms with van der Waals surface area (Å²) in [6.07, 6.45) is 0. The molecule has 0 saturated carbocycles. The lowest BCUT2D eigenvalue weighted by atomic mass is 10.2. The van der Waals surface area contributed by atoms with E-state index in [0.717, 1.165) is 17.0 Å². The summed E-state index contributed by atoms with van der Waals surface area (Å²) in [5.41, 5.74) is 1.99. The molecule has 0 atom stereocenters. The predicted octanol–water partition coefficient (Wildman–Crippen LogP) is 4.47. The molecule has 0 unspecified atom stereocenters. The number of benzene rings is 2. The minimum absolute atomic E-state index is 0.226. The van der Waals surface area contributed by atoms with E-state index in [2.05, 4.69) is 19.2 Å². The summed E-state index contributed by atoms with van der Waals surface area (Å²) in [6, 6.07) is 14.3. The zero-order valence-electron chi connectivity index (χ0n) is 11.9. The van der Waals surface area contributed by atoms with Crippen LogP contribution in [0.1, 0.15) is 19.4 Å². The summed E-state index contributed by atoms with van der Waals surface area (Å²) in [6.45, 7) is 5.60. The van der Waals surface area contributed by atoms with E-state index in [0.29, 0.717) is 19.1 Å². The summed E-state index contributed by atoms with van der Waals surface area (Å²) >= 11 is 0. The van der Waals surface area contributed by atoms with E-state index in [1.165, 1.54) is 12.1 Å². The third-order valence-corrected chi connectivity index (χ3v) is 2.87. The van der Waals surface area contributed by atoms with E-state index < -0.39 is 0 Å². The van der Waals surface area contributed by atoms with E-state index in [4.69, 9.17) is 4.74 Å². The Morgan fingerprint density at radius 2 is 1.75 bits per heavy atom. The van der Waals surface area contributed by atoms with Gasteiger partial charge in [-0.05, 0) is 36.2 Å². The number of hydrogen-bond acceptors (Lipinski definition) is 2. The predicted molar refractivity (Wildman–Crippen MR) is 80.5 cm³/mol. The highest BCUT2D eigenvalue weighted by Gasteiger charge is 2.04. The highest BCUT2D eigenvalue weighted by Crippen LogP contribution is 2.20. The van der Waals surface area contributed by atoms with Gasteiger partial charge in [0.1, 0.15) is 11.6 Å². The number of ether oxygens (including phenoxy) is 1. The molecule has 0 heterocycles. The summed E-state index contributed by atoms with van der Waals surface area (Å²) in [7, 11) is 0. The molecule has 1 N–H and O–H groups in total. The molecule has 20 heavy (non-hydrogen) atoms. The fourth-order valence-corrected chi connectivity index (χ4v) is 1.81. The van der Waals surface area contributed by atoms with Crippen LogP contribution in [0.3, 0.4) is 0 Å². The van der Waals surface area contributed by atoms with Crippen molar-refractivity contribution < 1.29 is 9.13 Å². The van der Waals surface area contributed by atoms with Crippen LogP contribution in [0.5, 0.6) is 5.75 Å². The molecule has 0 radical (unpaired) electrons. The lowest BCUT2D eigenvalue weighted by molar-refractivity contribution is 0.269. The standard InChI is InChI=1S/C17H20FNO/c1-13(2)12-20-17-6-4-3-5-14(17)11-19-16-9-7-15(18)8-10-16/h3-10,13,19H,11-12H2,1-2H3. The SMILES string of the molecule is CC(C)COc1ccccc1CNc1ccc(F)cc1. The Bertz CT molecular complexity index is 537. The third kappa shape index (κ3) is 4.26.